The predicted octanol–water partition coefficient (Wildman–Crippen LogP) is 4.52. The van der Waals surface area contributed by atoms with Crippen LogP contribution in [0.15, 0.2) is 41.4 Å². The van der Waals surface area contributed by atoms with Crippen molar-refractivity contribution in [3.8, 4) is 0 Å². The molecule has 2 aliphatic rings. The molecule has 2 aliphatic heterocycles. The van der Waals surface area contributed by atoms with Crippen molar-refractivity contribution < 1.29 is 26.4 Å². The molecule has 2 saturated heterocycles. The highest BCUT2D eigenvalue weighted by Crippen LogP contribution is 2.33. The number of alkyl halides is 3. The molecule has 7 nitrogen and oxygen atoms in total. The fourth-order valence-electron chi connectivity index (χ4n) is 4.32. The molecule has 1 N–H and O–H groups in total. The van der Waals surface area contributed by atoms with E-state index in [0.717, 1.165) is 50.8 Å². The molecule has 0 radical (unpaired) electrons. The largest absolute Gasteiger partial charge is 0.417 e. The average Bonchev–Trinajstić information content (AvgIpc) is 3.22. The Bertz CT molecular complexity index is 1140. The molecule has 0 unspecified atom stereocenters. The summed E-state index contributed by atoms with van der Waals surface area (Å²) in [5, 5.41) is 2.58. The lowest BCUT2D eigenvalue weighted by Gasteiger charge is -2.24. The molecule has 184 valence electrons. The maximum atomic E-state index is 13.4. The number of hydrogen-bond donors (Lipinski definition) is 1. The summed E-state index contributed by atoms with van der Waals surface area (Å²) in [5.41, 5.74) is -1.02. The SMILES string of the molecule is O=C(Nc1cccc(S(=O)(=O)N2CCCC2)c1)c1cc(C(F)(F)F)cnc1N1CCCCCC1. The van der Waals surface area contributed by atoms with E-state index in [4.69, 9.17) is 0 Å². The Kier molecular flexibility index (Phi) is 7.13. The van der Waals surface area contributed by atoms with Gasteiger partial charge in [0.1, 0.15) is 5.82 Å². The van der Waals surface area contributed by atoms with E-state index in [1.54, 1.807) is 0 Å². The topological polar surface area (TPSA) is 82.6 Å². The number of anilines is 2. The predicted molar refractivity (Wildman–Crippen MR) is 122 cm³/mol. The highest BCUT2D eigenvalue weighted by molar-refractivity contribution is 7.89. The summed E-state index contributed by atoms with van der Waals surface area (Å²) >= 11 is 0. The van der Waals surface area contributed by atoms with Crippen molar-refractivity contribution in [1.29, 1.82) is 0 Å². The summed E-state index contributed by atoms with van der Waals surface area (Å²) in [4.78, 5) is 19.1. The van der Waals surface area contributed by atoms with Gasteiger partial charge >= 0.3 is 6.18 Å². The number of benzene rings is 1. The first-order chi connectivity index (χ1) is 16.2. The molecule has 0 bridgehead atoms. The first-order valence-corrected chi connectivity index (χ1v) is 12.8. The Labute approximate surface area is 197 Å². The van der Waals surface area contributed by atoms with Crippen molar-refractivity contribution in [3.63, 3.8) is 0 Å². The number of pyridine rings is 1. The highest BCUT2D eigenvalue weighted by Gasteiger charge is 2.33. The van der Waals surface area contributed by atoms with E-state index >= 15 is 0 Å². The summed E-state index contributed by atoms with van der Waals surface area (Å²) < 4.78 is 67.2. The lowest BCUT2D eigenvalue weighted by atomic mass is 10.1. The Morgan fingerprint density at radius 2 is 1.59 bits per heavy atom. The van der Waals surface area contributed by atoms with Crippen molar-refractivity contribution in [2.24, 2.45) is 0 Å². The molecule has 4 rings (SSSR count). The number of hydrogen-bond acceptors (Lipinski definition) is 5. The molecule has 0 atom stereocenters. The van der Waals surface area contributed by atoms with E-state index in [2.05, 4.69) is 10.3 Å². The Balaban J connectivity index is 1.64. The standard InChI is InChI=1S/C23H27F3N4O3S/c24-23(25,26)17-14-20(21(27-16-17)29-10-3-1-2-4-11-29)22(31)28-18-8-7-9-19(15-18)34(32,33)30-12-5-6-13-30/h7-9,14-16H,1-6,10-13H2,(H,28,31). The van der Waals surface area contributed by atoms with Gasteiger partial charge in [-0.15, -0.1) is 0 Å². The van der Waals surface area contributed by atoms with Crippen LogP contribution in [-0.4, -0.2) is 49.8 Å². The second-order valence-electron chi connectivity index (χ2n) is 8.59. The molecule has 2 fully saturated rings. The lowest BCUT2D eigenvalue weighted by Crippen LogP contribution is -2.29. The fraction of sp³-hybridized carbons (Fsp3) is 0.478. The molecular weight excluding hydrogens is 469 g/mol. The normalized spacial score (nSPS) is 18.0. The van der Waals surface area contributed by atoms with Crippen LogP contribution in [0.2, 0.25) is 0 Å². The number of nitrogens with zero attached hydrogens (tertiary/aromatic N) is 3. The van der Waals surface area contributed by atoms with Gasteiger partial charge in [0.15, 0.2) is 0 Å². The summed E-state index contributed by atoms with van der Waals surface area (Å²) in [6.45, 7) is 2.08. The zero-order chi connectivity index (χ0) is 24.3. The van der Waals surface area contributed by atoms with Crippen LogP contribution in [0.5, 0.6) is 0 Å². The van der Waals surface area contributed by atoms with E-state index in [-0.39, 0.29) is 22.0 Å². The van der Waals surface area contributed by atoms with E-state index in [0.29, 0.717) is 26.2 Å². The molecule has 0 saturated carbocycles. The third kappa shape index (κ3) is 5.35. The summed E-state index contributed by atoms with van der Waals surface area (Å²) in [7, 11) is -3.70. The number of carbonyl (C=O) groups excluding carboxylic acids is 1. The van der Waals surface area contributed by atoms with Gasteiger partial charge in [-0.05, 0) is 49.9 Å². The maximum absolute atomic E-state index is 13.4. The quantitative estimate of drug-likeness (QED) is 0.658. The molecule has 2 aromatic rings. The van der Waals surface area contributed by atoms with Crippen LogP contribution in [0.4, 0.5) is 24.7 Å². The smallest absolute Gasteiger partial charge is 0.356 e. The van der Waals surface area contributed by atoms with Crippen LogP contribution < -0.4 is 10.2 Å². The van der Waals surface area contributed by atoms with Crippen LogP contribution >= 0.6 is 0 Å². The average molecular weight is 497 g/mol. The van der Waals surface area contributed by atoms with Gasteiger partial charge < -0.3 is 10.2 Å². The Morgan fingerprint density at radius 3 is 2.24 bits per heavy atom. The van der Waals surface area contributed by atoms with Gasteiger partial charge in [-0.3, -0.25) is 4.79 Å². The first-order valence-electron chi connectivity index (χ1n) is 11.4. The summed E-state index contributed by atoms with van der Waals surface area (Å²) in [6, 6.07) is 6.59. The number of rotatable bonds is 5. The molecule has 11 heteroatoms. The number of halogens is 3. The minimum absolute atomic E-state index is 0.0297. The maximum Gasteiger partial charge on any atom is 0.417 e. The minimum Gasteiger partial charge on any atom is -0.356 e. The zero-order valence-electron chi connectivity index (χ0n) is 18.6. The molecule has 1 aromatic heterocycles. The van der Waals surface area contributed by atoms with Gasteiger partial charge in [-0.2, -0.15) is 17.5 Å². The third-order valence-corrected chi connectivity index (χ3v) is 8.03. The summed E-state index contributed by atoms with van der Waals surface area (Å²) in [6.07, 6.45) is 1.42. The fourth-order valence-corrected chi connectivity index (χ4v) is 5.89. The summed E-state index contributed by atoms with van der Waals surface area (Å²) in [5.74, 6) is -0.568. The first kappa shape index (κ1) is 24.5. The van der Waals surface area contributed by atoms with E-state index < -0.39 is 27.7 Å². The molecule has 1 aromatic carbocycles. The second kappa shape index (κ2) is 9.91. The molecule has 34 heavy (non-hydrogen) atoms. The number of carbonyl (C=O) groups is 1. The molecule has 3 heterocycles. The third-order valence-electron chi connectivity index (χ3n) is 6.14. The van der Waals surface area contributed by atoms with Gasteiger partial charge in [-0.25, -0.2) is 13.4 Å². The van der Waals surface area contributed by atoms with Gasteiger partial charge in [0, 0.05) is 38.1 Å². The Hall–Kier alpha value is -2.66. The van der Waals surface area contributed by atoms with E-state index in [1.807, 2.05) is 4.90 Å². The van der Waals surface area contributed by atoms with Crippen molar-refractivity contribution in [1.82, 2.24) is 9.29 Å². The van der Waals surface area contributed by atoms with Gasteiger partial charge in [0.25, 0.3) is 5.91 Å². The zero-order valence-corrected chi connectivity index (χ0v) is 19.5. The van der Waals surface area contributed by atoms with Crippen molar-refractivity contribution >= 4 is 27.4 Å². The van der Waals surface area contributed by atoms with Crippen LogP contribution in [0, 0.1) is 0 Å². The van der Waals surface area contributed by atoms with Crippen molar-refractivity contribution in [3.05, 3.63) is 47.7 Å². The van der Waals surface area contributed by atoms with Crippen molar-refractivity contribution in [2.75, 3.05) is 36.4 Å². The number of amides is 1. The Morgan fingerprint density at radius 1 is 0.941 bits per heavy atom. The van der Waals surface area contributed by atoms with Crippen LogP contribution in [-0.2, 0) is 16.2 Å². The van der Waals surface area contributed by atoms with Gasteiger partial charge in [0.05, 0.1) is 16.0 Å². The lowest BCUT2D eigenvalue weighted by molar-refractivity contribution is -0.137. The molecule has 0 spiro atoms. The van der Waals surface area contributed by atoms with E-state index in [1.165, 1.54) is 28.6 Å². The van der Waals surface area contributed by atoms with Crippen LogP contribution in [0.3, 0.4) is 0 Å². The second-order valence-corrected chi connectivity index (χ2v) is 10.5. The molecule has 0 aliphatic carbocycles. The monoisotopic (exact) mass is 496 g/mol. The van der Waals surface area contributed by atoms with Crippen LogP contribution in [0.1, 0.15) is 54.4 Å². The van der Waals surface area contributed by atoms with Gasteiger partial charge in [-0.1, -0.05) is 18.9 Å². The molecule has 1 amide bonds. The number of nitrogens with one attached hydrogen (secondary N) is 1. The van der Waals surface area contributed by atoms with E-state index in [9.17, 15) is 26.4 Å². The highest BCUT2D eigenvalue weighted by atomic mass is 32.2. The van der Waals surface area contributed by atoms with Crippen molar-refractivity contribution in [2.45, 2.75) is 49.6 Å². The minimum atomic E-state index is -4.65. The number of sulfonamides is 1. The van der Waals surface area contributed by atoms with Gasteiger partial charge in [0.2, 0.25) is 10.0 Å². The molecular formula is C23H27F3N4O3S. The number of aromatic nitrogens is 1. The van der Waals surface area contributed by atoms with Crippen LogP contribution in [0.25, 0.3) is 0 Å².